The Kier molecular flexibility index (Phi) is 5.69. The van der Waals surface area contributed by atoms with Gasteiger partial charge in [0, 0.05) is 0 Å². The Morgan fingerprint density at radius 2 is 2.18 bits per heavy atom. The van der Waals surface area contributed by atoms with Crippen molar-refractivity contribution < 1.29 is 9.18 Å². The number of hydrogen-bond acceptors (Lipinski definition) is 3. The minimum absolute atomic E-state index is 0.00776. The van der Waals surface area contributed by atoms with Crippen LogP contribution in [0, 0.1) is 17.1 Å². The molecule has 0 atom stereocenters. The number of amides is 1. The second-order valence-corrected chi connectivity index (χ2v) is 3.45. The van der Waals surface area contributed by atoms with Gasteiger partial charge in [-0.15, -0.1) is 0 Å². The number of hydrogen-bond donors (Lipinski definition) is 2. The zero-order valence-electron chi connectivity index (χ0n) is 9.37. The lowest BCUT2D eigenvalue weighted by atomic mass is 10.1. The Morgan fingerprint density at radius 1 is 1.41 bits per heavy atom. The summed E-state index contributed by atoms with van der Waals surface area (Å²) in [5.41, 5.74) is 0.623. The number of nitrogens with one attached hydrogen (secondary N) is 2. The van der Waals surface area contributed by atoms with Gasteiger partial charge in [0.1, 0.15) is 12.4 Å². The van der Waals surface area contributed by atoms with Gasteiger partial charge in [-0.1, -0.05) is 18.2 Å². The summed E-state index contributed by atoms with van der Waals surface area (Å²) in [5.74, 6) is -0.469. The third kappa shape index (κ3) is 5.09. The van der Waals surface area contributed by atoms with Crippen LogP contribution in [0.1, 0.15) is 5.56 Å². The first-order valence-electron chi connectivity index (χ1n) is 5.32. The van der Waals surface area contributed by atoms with E-state index >= 15 is 0 Å². The standard InChI is InChI=1S/C12H14FN3O/c13-11-4-2-1-3-10(11)5-7-15-9-12(17)16-8-6-14/h1-4,15H,5,7-9H2,(H,16,17). The predicted octanol–water partition coefficient (Wildman–Crippen LogP) is 0.598. The lowest BCUT2D eigenvalue weighted by molar-refractivity contribution is -0.120. The number of halogens is 1. The molecule has 17 heavy (non-hydrogen) atoms. The van der Waals surface area contributed by atoms with Crippen LogP contribution in [0.2, 0.25) is 0 Å². The van der Waals surface area contributed by atoms with E-state index in [-0.39, 0.29) is 24.8 Å². The van der Waals surface area contributed by atoms with Crippen molar-refractivity contribution in [2.75, 3.05) is 19.6 Å². The quantitative estimate of drug-likeness (QED) is 0.560. The van der Waals surface area contributed by atoms with Gasteiger partial charge >= 0.3 is 0 Å². The van der Waals surface area contributed by atoms with E-state index in [4.69, 9.17) is 5.26 Å². The SMILES string of the molecule is N#CCNC(=O)CNCCc1ccccc1F. The fraction of sp³-hybridized carbons (Fsp3) is 0.333. The number of nitriles is 1. The maximum atomic E-state index is 13.2. The Hall–Kier alpha value is -1.93. The average Bonchev–Trinajstić information content (AvgIpc) is 2.34. The third-order valence-corrected chi connectivity index (χ3v) is 2.18. The minimum atomic E-state index is -0.236. The van der Waals surface area contributed by atoms with Gasteiger partial charge in [-0.3, -0.25) is 4.79 Å². The van der Waals surface area contributed by atoms with Gasteiger partial charge in [-0.05, 0) is 24.6 Å². The van der Waals surface area contributed by atoms with E-state index < -0.39 is 0 Å². The van der Waals surface area contributed by atoms with Crippen molar-refractivity contribution in [3.05, 3.63) is 35.6 Å². The van der Waals surface area contributed by atoms with Gasteiger partial charge in [-0.25, -0.2) is 4.39 Å². The molecule has 1 aromatic carbocycles. The maximum absolute atomic E-state index is 13.2. The van der Waals surface area contributed by atoms with Crippen LogP contribution >= 0.6 is 0 Å². The molecule has 0 fully saturated rings. The summed E-state index contributed by atoms with van der Waals surface area (Å²) >= 11 is 0. The van der Waals surface area contributed by atoms with E-state index in [1.54, 1.807) is 18.2 Å². The second-order valence-electron chi connectivity index (χ2n) is 3.45. The Labute approximate surface area is 99.4 Å². The van der Waals surface area contributed by atoms with Crippen LogP contribution in [0.15, 0.2) is 24.3 Å². The van der Waals surface area contributed by atoms with E-state index in [0.717, 1.165) is 0 Å². The van der Waals surface area contributed by atoms with Crippen LogP contribution in [0.5, 0.6) is 0 Å². The molecule has 0 aromatic heterocycles. The molecule has 0 bridgehead atoms. The maximum Gasteiger partial charge on any atom is 0.234 e. The zero-order valence-corrected chi connectivity index (χ0v) is 9.37. The van der Waals surface area contributed by atoms with E-state index in [1.165, 1.54) is 6.07 Å². The lowest BCUT2D eigenvalue weighted by Gasteiger charge is -2.05. The van der Waals surface area contributed by atoms with Gasteiger partial charge < -0.3 is 10.6 Å². The highest BCUT2D eigenvalue weighted by Gasteiger charge is 2.01. The van der Waals surface area contributed by atoms with Crippen molar-refractivity contribution in [2.45, 2.75) is 6.42 Å². The molecule has 1 amide bonds. The summed E-state index contributed by atoms with van der Waals surface area (Å²) in [4.78, 5) is 11.1. The van der Waals surface area contributed by atoms with Crippen molar-refractivity contribution in [2.24, 2.45) is 0 Å². The van der Waals surface area contributed by atoms with Crippen LogP contribution in [-0.2, 0) is 11.2 Å². The summed E-state index contributed by atoms with van der Waals surface area (Å²) in [6.07, 6.45) is 0.526. The molecular weight excluding hydrogens is 221 g/mol. The highest BCUT2D eigenvalue weighted by molar-refractivity contribution is 5.78. The topological polar surface area (TPSA) is 64.9 Å². The van der Waals surface area contributed by atoms with Crippen LogP contribution in [0.4, 0.5) is 4.39 Å². The number of nitrogens with zero attached hydrogens (tertiary/aromatic N) is 1. The van der Waals surface area contributed by atoms with Crippen molar-refractivity contribution in [1.29, 1.82) is 5.26 Å². The molecule has 2 N–H and O–H groups in total. The fourth-order valence-corrected chi connectivity index (χ4v) is 1.33. The minimum Gasteiger partial charge on any atom is -0.342 e. The molecule has 0 heterocycles. The first-order valence-corrected chi connectivity index (χ1v) is 5.32. The van der Waals surface area contributed by atoms with Crippen molar-refractivity contribution >= 4 is 5.91 Å². The molecule has 1 aromatic rings. The van der Waals surface area contributed by atoms with Crippen LogP contribution < -0.4 is 10.6 Å². The molecule has 90 valence electrons. The summed E-state index contributed by atoms with van der Waals surface area (Å²) in [6.45, 7) is 0.658. The monoisotopic (exact) mass is 235 g/mol. The van der Waals surface area contributed by atoms with E-state index in [9.17, 15) is 9.18 Å². The van der Waals surface area contributed by atoms with Gasteiger partial charge in [0.25, 0.3) is 0 Å². The zero-order chi connectivity index (χ0) is 12.5. The largest absolute Gasteiger partial charge is 0.342 e. The molecule has 0 radical (unpaired) electrons. The van der Waals surface area contributed by atoms with Crippen molar-refractivity contribution in [3.63, 3.8) is 0 Å². The molecule has 0 spiro atoms. The summed E-state index contributed by atoms with van der Waals surface area (Å²) in [7, 11) is 0. The van der Waals surface area contributed by atoms with Gasteiger partial charge in [0.15, 0.2) is 0 Å². The van der Waals surface area contributed by atoms with Gasteiger partial charge in [-0.2, -0.15) is 5.26 Å². The smallest absolute Gasteiger partial charge is 0.234 e. The molecule has 0 saturated heterocycles. The lowest BCUT2D eigenvalue weighted by Crippen LogP contribution is -2.34. The predicted molar refractivity (Wildman–Crippen MR) is 61.6 cm³/mol. The molecule has 1 rings (SSSR count). The summed E-state index contributed by atoms with van der Waals surface area (Å²) in [5, 5.41) is 13.5. The van der Waals surface area contributed by atoms with Crippen molar-refractivity contribution in [3.8, 4) is 6.07 Å². The molecule has 0 aliphatic heterocycles. The number of benzene rings is 1. The van der Waals surface area contributed by atoms with Crippen LogP contribution in [-0.4, -0.2) is 25.5 Å². The molecule has 4 nitrogen and oxygen atoms in total. The van der Waals surface area contributed by atoms with Gasteiger partial charge in [0.05, 0.1) is 12.6 Å². The second kappa shape index (κ2) is 7.36. The highest BCUT2D eigenvalue weighted by Crippen LogP contribution is 2.05. The molecule has 0 aliphatic rings. The molecule has 0 unspecified atom stereocenters. The highest BCUT2D eigenvalue weighted by atomic mass is 19.1. The van der Waals surface area contributed by atoms with Crippen molar-refractivity contribution in [1.82, 2.24) is 10.6 Å². The Morgan fingerprint density at radius 3 is 2.88 bits per heavy atom. The number of rotatable bonds is 6. The number of carbonyl (C=O) groups excluding carboxylic acids is 1. The molecule has 0 saturated carbocycles. The molecule has 0 aliphatic carbocycles. The summed E-state index contributed by atoms with van der Waals surface area (Å²) in [6, 6.07) is 8.36. The Bertz CT molecular complexity index is 414. The average molecular weight is 235 g/mol. The summed E-state index contributed by atoms with van der Waals surface area (Å²) < 4.78 is 13.2. The van der Waals surface area contributed by atoms with Gasteiger partial charge in [0.2, 0.25) is 5.91 Å². The first-order chi connectivity index (χ1) is 8.24. The first kappa shape index (κ1) is 13.1. The van der Waals surface area contributed by atoms with Crippen LogP contribution in [0.25, 0.3) is 0 Å². The number of carbonyl (C=O) groups is 1. The Balaban J connectivity index is 2.19. The van der Waals surface area contributed by atoms with E-state index in [1.807, 2.05) is 6.07 Å². The normalized spacial score (nSPS) is 9.65. The van der Waals surface area contributed by atoms with E-state index in [2.05, 4.69) is 10.6 Å². The fourth-order valence-electron chi connectivity index (χ4n) is 1.33. The van der Waals surface area contributed by atoms with Crippen LogP contribution in [0.3, 0.4) is 0 Å². The third-order valence-electron chi connectivity index (χ3n) is 2.18. The molecular formula is C12H14FN3O. The molecule has 5 heteroatoms. The van der Waals surface area contributed by atoms with E-state index in [0.29, 0.717) is 18.5 Å².